The third kappa shape index (κ3) is 2.72. The van der Waals surface area contributed by atoms with E-state index in [4.69, 9.17) is 10.8 Å². The van der Waals surface area contributed by atoms with Crippen LogP contribution in [0, 0.1) is 6.92 Å². The SMILES string of the molecule is Cc1cc(NC(C)CO)ccc1CN. The average molecular weight is 194 g/mol. The van der Waals surface area contributed by atoms with Crippen molar-refractivity contribution >= 4 is 5.69 Å². The van der Waals surface area contributed by atoms with Crippen molar-refractivity contribution in [1.82, 2.24) is 0 Å². The predicted octanol–water partition coefficient (Wildman–Crippen LogP) is 1.25. The maximum absolute atomic E-state index is 8.88. The first-order valence-corrected chi connectivity index (χ1v) is 4.84. The molecule has 3 heteroatoms. The van der Waals surface area contributed by atoms with E-state index >= 15 is 0 Å². The van der Waals surface area contributed by atoms with E-state index in [-0.39, 0.29) is 12.6 Å². The van der Waals surface area contributed by atoms with Crippen molar-refractivity contribution in [3.63, 3.8) is 0 Å². The number of aryl methyl sites for hydroxylation is 1. The van der Waals surface area contributed by atoms with E-state index in [1.54, 1.807) is 0 Å². The molecule has 0 aromatic heterocycles. The summed E-state index contributed by atoms with van der Waals surface area (Å²) in [5, 5.41) is 12.1. The van der Waals surface area contributed by atoms with Crippen LogP contribution in [0.3, 0.4) is 0 Å². The fourth-order valence-electron chi connectivity index (χ4n) is 1.34. The van der Waals surface area contributed by atoms with Gasteiger partial charge in [-0.15, -0.1) is 0 Å². The highest BCUT2D eigenvalue weighted by atomic mass is 16.3. The predicted molar refractivity (Wildman–Crippen MR) is 59.2 cm³/mol. The van der Waals surface area contributed by atoms with Gasteiger partial charge in [0.1, 0.15) is 0 Å². The number of nitrogens with two attached hydrogens (primary N) is 1. The Morgan fingerprint density at radius 3 is 2.71 bits per heavy atom. The Hall–Kier alpha value is -1.06. The zero-order valence-corrected chi connectivity index (χ0v) is 8.75. The van der Waals surface area contributed by atoms with Gasteiger partial charge in [-0.05, 0) is 37.1 Å². The molecule has 1 atom stereocenters. The number of aliphatic hydroxyl groups is 1. The van der Waals surface area contributed by atoms with Crippen molar-refractivity contribution in [2.45, 2.75) is 26.4 Å². The van der Waals surface area contributed by atoms with Gasteiger partial charge in [-0.1, -0.05) is 6.07 Å². The van der Waals surface area contributed by atoms with Crippen molar-refractivity contribution in [3.05, 3.63) is 29.3 Å². The molecule has 3 nitrogen and oxygen atoms in total. The first-order valence-electron chi connectivity index (χ1n) is 4.84. The molecule has 0 heterocycles. The van der Waals surface area contributed by atoms with Gasteiger partial charge in [-0.25, -0.2) is 0 Å². The molecule has 1 rings (SSSR count). The number of aliphatic hydroxyl groups excluding tert-OH is 1. The normalized spacial score (nSPS) is 12.6. The second-order valence-electron chi connectivity index (χ2n) is 3.57. The number of nitrogens with one attached hydrogen (secondary N) is 1. The van der Waals surface area contributed by atoms with Crippen LogP contribution in [-0.4, -0.2) is 17.8 Å². The molecule has 0 aliphatic carbocycles. The van der Waals surface area contributed by atoms with Gasteiger partial charge in [0.25, 0.3) is 0 Å². The first-order chi connectivity index (χ1) is 6.67. The summed E-state index contributed by atoms with van der Waals surface area (Å²) in [6.45, 7) is 4.68. The van der Waals surface area contributed by atoms with Crippen LogP contribution in [0.4, 0.5) is 5.69 Å². The smallest absolute Gasteiger partial charge is 0.0630 e. The van der Waals surface area contributed by atoms with E-state index in [0.29, 0.717) is 6.54 Å². The minimum atomic E-state index is 0.0816. The summed E-state index contributed by atoms with van der Waals surface area (Å²) in [6, 6.07) is 6.13. The molecular formula is C11H18N2O. The van der Waals surface area contributed by atoms with Crippen molar-refractivity contribution in [1.29, 1.82) is 0 Å². The van der Waals surface area contributed by atoms with E-state index in [0.717, 1.165) is 11.3 Å². The molecule has 0 fully saturated rings. The Morgan fingerprint density at radius 2 is 2.21 bits per heavy atom. The molecule has 0 bridgehead atoms. The molecule has 0 saturated heterocycles. The topological polar surface area (TPSA) is 58.3 Å². The molecule has 0 radical (unpaired) electrons. The van der Waals surface area contributed by atoms with E-state index in [1.807, 2.05) is 32.0 Å². The standard InChI is InChI=1S/C11H18N2O/c1-8-5-11(13-9(2)7-14)4-3-10(8)6-12/h3-5,9,13-14H,6-7,12H2,1-2H3. The Morgan fingerprint density at radius 1 is 1.50 bits per heavy atom. The summed E-state index contributed by atoms with van der Waals surface area (Å²) in [5.41, 5.74) is 8.94. The molecule has 78 valence electrons. The molecule has 14 heavy (non-hydrogen) atoms. The maximum Gasteiger partial charge on any atom is 0.0630 e. The Balaban J connectivity index is 2.76. The van der Waals surface area contributed by atoms with Gasteiger partial charge in [-0.2, -0.15) is 0 Å². The van der Waals surface area contributed by atoms with Gasteiger partial charge in [-0.3, -0.25) is 0 Å². The van der Waals surface area contributed by atoms with E-state index < -0.39 is 0 Å². The highest BCUT2D eigenvalue weighted by Crippen LogP contribution is 2.15. The minimum absolute atomic E-state index is 0.0816. The van der Waals surface area contributed by atoms with Gasteiger partial charge < -0.3 is 16.2 Å². The average Bonchev–Trinajstić information content (AvgIpc) is 2.18. The summed E-state index contributed by atoms with van der Waals surface area (Å²) in [5.74, 6) is 0. The van der Waals surface area contributed by atoms with Crippen LogP contribution in [0.1, 0.15) is 18.1 Å². The first kappa shape index (κ1) is 11.0. The molecule has 0 aliphatic heterocycles. The number of rotatable bonds is 4. The quantitative estimate of drug-likeness (QED) is 0.676. The second-order valence-corrected chi connectivity index (χ2v) is 3.57. The lowest BCUT2D eigenvalue weighted by atomic mass is 10.1. The molecule has 4 N–H and O–H groups in total. The van der Waals surface area contributed by atoms with E-state index in [9.17, 15) is 0 Å². The molecule has 1 aromatic rings. The maximum atomic E-state index is 8.88. The number of hydrogen-bond donors (Lipinski definition) is 3. The van der Waals surface area contributed by atoms with Crippen LogP contribution >= 0.6 is 0 Å². The lowest BCUT2D eigenvalue weighted by molar-refractivity contribution is 0.281. The summed E-state index contributed by atoms with van der Waals surface area (Å²) in [7, 11) is 0. The van der Waals surface area contributed by atoms with Crippen molar-refractivity contribution in [2.24, 2.45) is 5.73 Å². The fraction of sp³-hybridized carbons (Fsp3) is 0.455. The summed E-state index contributed by atoms with van der Waals surface area (Å²) < 4.78 is 0. The van der Waals surface area contributed by atoms with Crippen molar-refractivity contribution in [2.75, 3.05) is 11.9 Å². The zero-order chi connectivity index (χ0) is 10.6. The fourth-order valence-corrected chi connectivity index (χ4v) is 1.34. The van der Waals surface area contributed by atoms with Crippen molar-refractivity contribution in [3.8, 4) is 0 Å². The number of anilines is 1. The summed E-state index contributed by atoms with van der Waals surface area (Å²) in [4.78, 5) is 0. The van der Waals surface area contributed by atoms with Crippen molar-refractivity contribution < 1.29 is 5.11 Å². The van der Waals surface area contributed by atoms with Gasteiger partial charge in [0.15, 0.2) is 0 Å². The Labute approximate surface area is 84.9 Å². The van der Waals surface area contributed by atoms with Crippen LogP contribution in [-0.2, 0) is 6.54 Å². The van der Waals surface area contributed by atoms with E-state index in [1.165, 1.54) is 5.56 Å². The number of benzene rings is 1. The molecule has 0 amide bonds. The highest BCUT2D eigenvalue weighted by Gasteiger charge is 2.01. The highest BCUT2D eigenvalue weighted by molar-refractivity contribution is 5.48. The van der Waals surface area contributed by atoms with Gasteiger partial charge in [0.2, 0.25) is 0 Å². The summed E-state index contributed by atoms with van der Waals surface area (Å²) in [6.07, 6.45) is 0. The molecular weight excluding hydrogens is 176 g/mol. The Kier molecular flexibility index (Phi) is 3.92. The van der Waals surface area contributed by atoms with Crippen LogP contribution in [0.15, 0.2) is 18.2 Å². The molecule has 0 saturated carbocycles. The van der Waals surface area contributed by atoms with Crippen LogP contribution in [0.2, 0.25) is 0 Å². The van der Waals surface area contributed by atoms with Crippen LogP contribution < -0.4 is 11.1 Å². The van der Waals surface area contributed by atoms with E-state index in [2.05, 4.69) is 5.32 Å². The molecule has 0 spiro atoms. The zero-order valence-electron chi connectivity index (χ0n) is 8.75. The van der Waals surface area contributed by atoms with Gasteiger partial charge >= 0.3 is 0 Å². The monoisotopic (exact) mass is 194 g/mol. The lowest BCUT2D eigenvalue weighted by Gasteiger charge is -2.13. The third-order valence-electron chi connectivity index (χ3n) is 2.25. The Bertz CT molecular complexity index is 299. The molecule has 0 aliphatic rings. The third-order valence-corrected chi connectivity index (χ3v) is 2.25. The summed E-state index contributed by atoms with van der Waals surface area (Å²) >= 11 is 0. The second kappa shape index (κ2) is 4.98. The minimum Gasteiger partial charge on any atom is -0.394 e. The van der Waals surface area contributed by atoms with Crippen LogP contribution in [0.5, 0.6) is 0 Å². The van der Waals surface area contributed by atoms with Gasteiger partial charge in [0.05, 0.1) is 6.61 Å². The lowest BCUT2D eigenvalue weighted by Crippen LogP contribution is -2.19. The molecule has 1 aromatic carbocycles. The number of hydrogen-bond acceptors (Lipinski definition) is 3. The largest absolute Gasteiger partial charge is 0.394 e. The van der Waals surface area contributed by atoms with Gasteiger partial charge in [0, 0.05) is 18.3 Å². The van der Waals surface area contributed by atoms with Crippen LogP contribution in [0.25, 0.3) is 0 Å². The molecule has 1 unspecified atom stereocenters.